The summed E-state index contributed by atoms with van der Waals surface area (Å²) < 4.78 is 5.28. The lowest BCUT2D eigenvalue weighted by atomic mass is 9.96. The summed E-state index contributed by atoms with van der Waals surface area (Å²) in [6.45, 7) is 8.02. The first-order valence-electron chi connectivity index (χ1n) is 5.59. The zero-order chi connectivity index (χ0) is 13.3. The van der Waals surface area contributed by atoms with E-state index in [1.807, 2.05) is 27.7 Å². The SMILES string of the molecule is Cc1coc(Sc2cc(N)nc(C(C)(C)C)n2)n1. The van der Waals surface area contributed by atoms with E-state index in [1.54, 1.807) is 12.3 Å². The number of anilines is 1. The van der Waals surface area contributed by atoms with E-state index < -0.39 is 0 Å². The highest BCUT2D eigenvalue weighted by molar-refractivity contribution is 7.99. The maximum absolute atomic E-state index is 5.80. The van der Waals surface area contributed by atoms with Crippen LogP contribution in [0.4, 0.5) is 5.82 Å². The van der Waals surface area contributed by atoms with Crippen LogP contribution in [0, 0.1) is 6.92 Å². The Kier molecular flexibility index (Phi) is 3.30. The number of hydrogen-bond acceptors (Lipinski definition) is 6. The van der Waals surface area contributed by atoms with Crippen LogP contribution in [0.15, 0.2) is 27.0 Å². The Morgan fingerprint density at radius 3 is 2.50 bits per heavy atom. The van der Waals surface area contributed by atoms with Gasteiger partial charge >= 0.3 is 0 Å². The smallest absolute Gasteiger partial charge is 0.262 e. The molecule has 0 saturated carbocycles. The summed E-state index contributed by atoms with van der Waals surface area (Å²) in [6.07, 6.45) is 1.61. The van der Waals surface area contributed by atoms with Crippen LogP contribution in [0.3, 0.4) is 0 Å². The highest BCUT2D eigenvalue weighted by atomic mass is 32.2. The van der Waals surface area contributed by atoms with Crippen LogP contribution in [0.25, 0.3) is 0 Å². The van der Waals surface area contributed by atoms with E-state index in [0.717, 1.165) is 10.7 Å². The first-order chi connectivity index (χ1) is 8.34. The first-order valence-corrected chi connectivity index (χ1v) is 6.41. The Bertz CT molecular complexity index is 559. The van der Waals surface area contributed by atoms with E-state index in [2.05, 4.69) is 15.0 Å². The maximum atomic E-state index is 5.80. The van der Waals surface area contributed by atoms with Crippen LogP contribution < -0.4 is 5.73 Å². The van der Waals surface area contributed by atoms with Gasteiger partial charge in [0.1, 0.15) is 22.9 Å². The van der Waals surface area contributed by atoms with Crippen molar-refractivity contribution in [2.45, 2.75) is 43.4 Å². The zero-order valence-corrected chi connectivity index (χ0v) is 11.7. The molecule has 0 bridgehead atoms. The van der Waals surface area contributed by atoms with Gasteiger partial charge in [0.15, 0.2) is 0 Å². The predicted molar refractivity (Wildman–Crippen MR) is 70.5 cm³/mol. The number of oxazole rings is 1. The molecular formula is C12H16N4OS. The Morgan fingerprint density at radius 1 is 1.22 bits per heavy atom. The molecule has 96 valence electrons. The van der Waals surface area contributed by atoms with Crippen molar-refractivity contribution in [1.29, 1.82) is 0 Å². The van der Waals surface area contributed by atoms with Gasteiger partial charge in [-0.25, -0.2) is 15.0 Å². The Balaban J connectivity index is 2.31. The summed E-state index contributed by atoms with van der Waals surface area (Å²) in [5, 5.41) is 1.31. The minimum Gasteiger partial charge on any atom is -0.439 e. The van der Waals surface area contributed by atoms with Gasteiger partial charge < -0.3 is 10.2 Å². The number of rotatable bonds is 2. The van der Waals surface area contributed by atoms with Crippen LogP contribution >= 0.6 is 11.8 Å². The second-order valence-corrected chi connectivity index (χ2v) is 6.03. The van der Waals surface area contributed by atoms with Crippen molar-refractivity contribution in [3.8, 4) is 0 Å². The highest BCUT2D eigenvalue weighted by Crippen LogP contribution is 2.28. The molecule has 18 heavy (non-hydrogen) atoms. The average molecular weight is 264 g/mol. The third kappa shape index (κ3) is 3.01. The molecule has 0 saturated heterocycles. The molecule has 0 amide bonds. The molecule has 6 heteroatoms. The van der Waals surface area contributed by atoms with E-state index in [4.69, 9.17) is 10.2 Å². The number of nitrogens with two attached hydrogens (primary N) is 1. The molecule has 0 fully saturated rings. The van der Waals surface area contributed by atoms with Crippen LogP contribution in [0.1, 0.15) is 32.3 Å². The van der Waals surface area contributed by atoms with Crippen molar-refractivity contribution in [1.82, 2.24) is 15.0 Å². The number of nitrogen functional groups attached to an aromatic ring is 1. The van der Waals surface area contributed by atoms with Crippen molar-refractivity contribution in [3.63, 3.8) is 0 Å². The van der Waals surface area contributed by atoms with E-state index in [-0.39, 0.29) is 5.41 Å². The van der Waals surface area contributed by atoms with Gasteiger partial charge in [-0.15, -0.1) is 0 Å². The van der Waals surface area contributed by atoms with Crippen molar-refractivity contribution in [3.05, 3.63) is 23.8 Å². The summed E-state index contributed by atoms with van der Waals surface area (Å²) in [5.74, 6) is 1.17. The molecule has 2 heterocycles. The van der Waals surface area contributed by atoms with Crippen LogP contribution in [-0.2, 0) is 5.41 Å². The molecule has 2 aromatic heterocycles. The Morgan fingerprint density at radius 2 is 1.94 bits per heavy atom. The fraction of sp³-hybridized carbons (Fsp3) is 0.417. The van der Waals surface area contributed by atoms with Gasteiger partial charge in [-0.1, -0.05) is 20.8 Å². The molecule has 2 rings (SSSR count). The normalized spacial score (nSPS) is 11.8. The fourth-order valence-electron chi connectivity index (χ4n) is 1.30. The summed E-state index contributed by atoms with van der Waals surface area (Å²) in [4.78, 5) is 13.0. The number of aryl methyl sites for hydroxylation is 1. The van der Waals surface area contributed by atoms with Crippen LogP contribution in [0.5, 0.6) is 0 Å². The average Bonchev–Trinajstić information content (AvgIpc) is 2.61. The zero-order valence-electron chi connectivity index (χ0n) is 10.9. The monoisotopic (exact) mass is 264 g/mol. The van der Waals surface area contributed by atoms with E-state index in [9.17, 15) is 0 Å². The summed E-state index contributed by atoms with van der Waals surface area (Å²) in [7, 11) is 0. The lowest BCUT2D eigenvalue weighted by molar-refractivity contribution is 0.453. The van der Waals surface area contributed by atoms with Gasteiger partial charge in [0.2, 0.25) is 0 Å². The standard InChI is InChI=1S/C12H16N4OS/c1-7-6-17-11(14-7)18-9-5-8(13)15-10(16-9)12(2,3)4/h5-6H,1-4H3,(H2,13,15,16). The van der Waals surface area contributed by atoms with E-state index >= 15 is 0 Å². The molecule has 0 aliphatic heterocycles. The molecule has 0 aliphatic rings. The maximum Gasteiger partial charge on any atom is 0.262 e. The first kappa shape index (κ1) is 12.9. The minimum atomic E-state index is -0.142. The molecule has 2 N–H and O–H groups in total. The van der Waals surface area contributed by atoms with Crippen molar-refractivity contribution >= 4 is 17.6 Å². The van der Waals surface area contributed by atoms with Crippen molar-refractivity contribution in [2.24, 2.45) is 0 Å². The molecule has 5 nitrogen and oxygen atoms in total. The van der Waals surface area contributed by atoms with E-state index in [0.29, 0.717) is 16.9 Å². The molecule has 0 radical (unpaired) electrons. The Labute approximate surface area is 110 Å². The van der Waals surface area contributed by atoms with Crippen LogP contribution in [-0.4, -0.2) is 15.0 Å². The number of aromatic nitrogens is 3. The molecule has 0 atom stereocenters. The minimum absolute atomic E-state index is 0.142. The van der Waals surface area contributed by atoms with Crippen LogP contribution in [0.2, 0.25) is 0 Å². The number of hydrogen-bond donors (Lipinski definition) is 1. The predicted octanol–water partition coefficient (Wildman–Crippen LogP) is 2.80. The Hall–Kier alpha value is -1.56. The molecular weight excluding hydrogens is 248 g/mol. The van der Waals surface area contributed by atoms with Gasteiger partial charge in [0, 0.05) is 11.5 Å². The summed E-state index contributed by atoms with van der Waals surface area (Å²) in [6, 6.07) is 1.72. The van der Waals surface area contributed by atoms with Gasteiger partial charge in [-0.05, 0) is 18.7 Å². The number of nitrogens with zero attached hydrogens (tertiary/aromatic N) is 3. The third-order valence-corrected chi connectivity index (χ3v) is 2.96. The van der Waals surface area contributed by atoms with Gasteiger partial charge in [0.25, 0.3) is 5.22 Å². The fourth-order valence-corrected chi connectivity index (χ4v) is 2.08. The third-order valence-electron chi connectivity index (χ3n) is 2.18. The summed E-state index contributed by atoms with van der Waals surface area (Å²) >= 11 is 1.34. The van der Waals surface area contributed by atoms with Gasteiger partial charge in [0.05, 0.1) is 5.69 Å². The second kappa shape index (κ2) is 4.61. The largest absolute Gasteiger partial charge is 0.439 e. The molecule has 0 aromatic carbocycles. The molecule has 2 aromatic rings. The molecule has 0 spiro atoms. The lowest BCUT2D eigenvalue weighted by Gasteiger charge is -2.17. The molecule has 0 unspecified atom stereocenters. The van der Waals surface area contributed by atoms with Gasteiger partial charge in [-0.3, -0.25) is 0 Å². The second-order valence-electron chi connectivity index (χ2n) is 5.06. The topological polar surface area (TPSA) is 77.8 Å². The lowest BCUT2D eigenvalue weighted by Crippen LogP contribution is -2.17. The highest BCUT2D eigenvalue weighted by Gasteiger charge is 2.19. The van der Waals surface area contributed by atoms with Gasteiger partial charge in [-0.2, -0.15) is 0 Å². The quantitative estimate of drug-likeness (QED) is 0.840. The van der Waals surface area contributed by atoms with E-state index in [1.165, 1.54) is 11.8 Å². The molecule has 0 aliphatic carbocycles. The summed E-state index contributed by atoms with van der Waals surface area (Å²) in [5.41, 5.74) is 6.50. The van der Waals surface area contributed by atoms with Crippen molar-refractivity contribution < 1.29 is 4.42 Å². The van der Waals surface area contributed by atoms with Crippen molar-refractivity contribution in [2.75, 3.05) is 5.73 Å².